The summed E-state index contributed by atoms with van der Waals surface area (Å²) in [6.45, 7) is 4.81. The largest absolute Gasteiger partial charge is 0.481 e. The molecule has 4 rings (SSSR count). The fraction of sp³-hybridized carbons (Fsp3) is 0.368. The average molecular weight is 329 g/mol. The van der Waals surface area contributed by atoms with E-state index in [0.717, 1.165) is 48.8 Å². The molecule has 2 aromatic rings. The van der Waals surface area contributed by atoms with E-state index in [-0.39, 0.29) is 5.60 Å². The maximum atomic E-state index is 6.61. The molecule has 4 heteroatoms. The van der Waals surface area contributed by atoms with E-state index in [1.165, 1.54) is 11.3 Å². The first kappa shape index (κ1) is 14.9. The molecule has 3 nitrogen and oxygen atoms in total. The molecule has 0 atom stereocenters. The molecule has 0 bridgehead atoms. The van der Waals surface area contributed by atoms with Crippen LogP contribution in [0.4, 0.5) is 0 Å². The molecule has 1 fully saturated rings. The predicted molar refractivity (Wildman–Crippen MR) is 94.1 cm³/mol. The zero-order valence-corrected chi connectivity index (χ0v) is 14.1. The van der Waals surface area contributed by atoms with Crippen molar-refractivity contribution in [3.8, 4) is 5.75 Å². The zero-order chi connectivity index (χ0) is 15.9. The van der Waals surface area contributed by atoms with Gasteiger partial charge in [0.1, 0.15) is 5.75 Å². The fourth-order valence-electron chi connectivity index (χ4n) is 3.74. The third-order valence-corrected chi connectivity index (χ3v) is 5.06. The van der Waals surface area contributed by atoms with Crippen LogP contribution >= 0.6 is 11.6 Å². The van der Waals surface area contributed by atoms with E-state index in [4.69, 9.17) is 16.3 Å². The summed E-state index contributed by atoms with van der Waals surface area (Å²) in [5.74, 6) is 0.965. The second kappa shape index (κ2) is 5.73. The van der Waals surface area contributed by atoms with E-state index in [0.29, 0.717) is 0 Å². The van der Waals surface area contributed by atoms with Gasteiger partial charge in [-0.3, -0.25) is 0 Å². The number of halogens is 1. The number of ether oxygens (including phenoxy) is 1. The summed E-state index contributed by atoms with van der Waals surface area (Å²) < 4.78 is 8.95. The lowest BCUT2D eigenvalue weighted by atomic mass is 9.88. The third kappa shape index (κ3) is 2.58. The van der Waals surface area contributed by atoms with Gasteiger partial charge in [0.25, 0.3) is 0 Å². The minimum absolute atomic E-state index is 0.246. The number of rotatable bonds is 1. The smallest absolute Gasteiger partial charge is 0.151 e. The van der Waals surface area contributed by atoms with Crippen molar-refractivity contribution in [1.29, 1.82) is 0 Å². The highest BCUT2D eigenvalue weighted by molar-refractivity contribution is 6.30. The monoisotopic (exact) mass is 328 g/mol. The van der Waals surface area contributed by atoms with Crippen molar-refractivity contribution in [2.45, 2.75) is 31.9 Å². The Hall–Kier alpha value is -1.71. The number of allylic oxidation sites excluding steroid dienone is 1. The molecule has 1 spiro atoms. The standard InChI is InChI=1S/C19H21ClN2O/c1-2-3-14-10-18-19(6-8-21-9-7-19)23-17-5-4-16(20)11-15(17)13-22(18)12-14/h2-5,10-12,21H,6-9,13H2,1H3. The van der Waals surface area contributed by atoms with Gasteiger partial charge in [-0.1, -0.05) is 23.8 Å². The topological polar surface area (TPSA) is 26.2 Å². The van der Waals surface area contributed by atoms with Crippen LogP contribution in [0.3, 0.4) is 0 Å². The Morgan fingerprint density at radius 2 is 2.09 bits per heavy atom. The molecule has 0 unspecified atom stereocenters. The van der Waals surface area contributed by atoms with Crippen LogP contribution in [0.25, 0.3) is 6.08 Å². The number of nitrogens with one attached hydrogen (secondary N) is 1. The normalized spacial score (nSPS) is 19.2. The molecule has 3 heterocycles. The molecule has 0 aliphatic carbocycles. The Kier molecular flexibility index (Phi) is 3.70. The molecule has 1 aromatic heterocycles. The van der Waals surface area contributed by atoms with E-state index >= 15 is 0 Å². The summed E-state index contributed by atoms with van der Waals surface area (Å²) in [6, 6.07) is 8.23. The number of nitrogens with zero attached hydrogens (tertiary/aromatic N) is 1. The van der Waals surface area contributed by atoms with Crippen LogP contribution in [0.5, 0.6) is 5.75 Å². The predicted octanol–water partition coefficient (Wildman–Crippen LogP) is 4.19. The van der Waals surface area contributed by atoms with E-state index < -0.39 is 0 Å². The van der Waals surface area contributed by atoms with Crippen molar-refractivity contribution < 1.29 is 4.74 Å². The van der Waals surface area contributed by atoms with Gasteiger partial charge >= 0.3 is 0 Å². The molecule has 0 radical (unpaired) electrons. The molecule has 0 saturated carbocycles. The van der Waals surface area contributed by atoms with Crippen LogP contribution in [0.15, 0.2) is 36.5 Å². The number of hydrogen-bond acceptors (Lipinski definition) is 2. The summed E-state index contributed by atoms with van der Waals surface area (Å²) >= 11 is 6.20. The molecular formula is C19H21ClN2O. The van der Waals surface area contributed by atoms with Crippen molar-refractivity contribution in [1.82, 2.24) is 9.88 Å². The van der Waals surface area contributed by atoms with E-state index in [1.807, 2.05) is 18.2 Å². The molecule has 120 valence electrons. The number of aromatic nitrogens is 1. The van der Waals surface area contributed by atoms with Crippen molar-refractivity contribution in [2.75, 3.05) is 13.1 Å². The van der Waals surface area contributed by atoms with Crippen LogP contribution in [-0.4, -0.2) is 17.7 Å². The quantitative estimate of drug-likeness (QED) is 0.849. The van der Waals surface area contributed by atoms with Crippen molar-refractivity contribution in [3.05, 3.63) is 58.4 Å². The van der Waals surface area contributed by atoms with Gasteiger partial charge in [-0.25, -0.2) is 0 Å². The molecule has 2 aliphatic heterocycles. The SMILES string of the molecule is CC=Cc1cc2n(c1)Cc1cc(Cl)ccc1OC21CCNCC1. The van der Waals surface area contributed by atoms with Gasteiger partial charge in [-0.2, -0.15) is 0 Å². The van der Waals surface area contributed by atoms with Gasteiger partial charge in [0.15, 0.2) is 5.60 Å². The second-order valence-corrected chi connectivity index (χ2v) is 6.82. The average Bonchev–Trinajstić information content (AvgIpc) is 2.90. The lowest BCUT2D eigenvalue weighted by Crippen LogP contribution is -2.44. The summed E-state index contributed by atoms with van der Waals surface area (Å²) in [5, 5.41) is 4.21. The van der Waals surface area contributed by atoms with Crippen LogP contribution in [-0.2, 0) is 12.1 Å². The Labute approximate surface area is 141 Å². The van der Waals surface area contributed by atoms with Crippen molar-refractivity contribution >= 4 is 17.7 Å². The highest BCUT2D eigenvalue weighted by Gasteiger charge is 2.41. The first-order valence-corrected chi connectivity index (χ1v) is 8.59. The van der Waals surface area contributed by atoms with Crippen LogP contribution in [0.2, 0.25) is 5.02 Å². The van der Waals surface area contributed by atoms with Gasteiger partial charge in [0, 0.05) is 29.6 Å². The zero-order valence-electron chi connectivity index (χ0n) is 13.3. The maximum absolute atomic E-state index is 6.61. The minimum atomic E-state index is -0.246. The van der Waals surface area contributed by atoms with Gasteiger partial charge in [0.05, 0.1) is 12.2 Å². The highest BCUT2D eigenvalue weighted by Crippen LogP contribution is 2.42. The molecule has 1 saturated heterocycles. The summed E-state index contributed by atoms with van der Waals surface area (Å²) in [7, 11) is 0. The molecule has 2 aliphatic rings. The Balaban J connectivity index is 1.88. The van der Waals surface area contributed by atoms with Crippen LogP contribution in [0, 0.1) is 0 Å². The first-order valence-electron chi connectivity index (χ1n) is 8.22. The second-order valence-electron chi connectivity index (χ2n) is 6.38. The molecule has 1 N–H and O–H groups in total. The minimum Gasteiger partial charge on any atom is -0.481 e. The van der Waals surface area contributed by atoms with Gasteiger partial charge in [-0.05, 0) is 49.8 Å². The Morgan fingerprint density at radius 3 is 2.87 bits per heavy atom. The van der Waals surface area contributed by atoms with Crippen molar-refractivity contribution in [3.63, 3.8) is 0 Å². The van der Waals surface area contributed by atoms with E-state index in [2.05, 4.69) is 41.2 Å². The molecule has 1 aromatic carbocycles. The van der Waals surface area contributed by atoms with Crippen LogP contribution in [0.1, 0.15) is 36.6 Å². The number of fused-ring (bicyclic) bond motifs is 3. The van der Waals surface area contributed by atoms with E-state index in [1.54, 1.807) is 0 Å². The summed E-state index contributed by atoms with van der Waals surface area (Å²) in [5.41, 5.74) is 3.41. The summed E-state index contributed by atoms with van der Waals surface area (Å²) in [6.07, 6.45) is 8.41. The lowest BCUT2D eigenvalue weighted by molar-refractivity contribution is 0.0293. The lowest BCUT2D eigenvalue weighted by Gasteiger charge is -2.37. The highest BCUT2D eigenvalue weighted by atomic mass is 35.5. The van der Waals surface area contributed by atoms with Crippen LogP contribution < -0.4 is 10.1 Å². The number of piperidine rings is 1. The third-order valence-electron chi connectivity index (χ3n) is 4.82. The number of hydrogen-bond donors (Lipinski definition) is 1. The van der Waals surface area contributed by atoms with Gasteiger partial charge < -0.3 is 14.6 Å². The Bertz CT molecular complexity index is 757. The van der Waals surface area contributed by atoms with Gasteiger partial charge in [-0.15, -0.1) is 0 Å². The van der Waals surface area contributed by atoms with E-state index in [9.17, 15) is 0 Å². The molecule has 23 heavy (non-hydrogen) atoms. The summed E-state index contributed by atoms with van der Waals surface area (Å²) in [4.78, 5) is 0. The maximum Gasteiger partial charge on any atom is 0.151 e. The Morgan fingerprint density at radius 1 is 1.26 bits per heavy atom. The number of benzene rings is 1. The first-order chi connectivity index (χ1) is 11.2. The fourth-order valence-corrected chi connectivity index (χ4v) is 3.94. The van der Waals surface area contributed by atoms with Crippen molar-refractivity contribution in [2.24, 2.45) is 0 Å². The molecular weight excluding hydrogens is 308 g/mol. The molecule has 0 amide bonds. The van der Waals surface area contributed by atoms with Gasteiger partial charge in [0.2, 0.25) is 0 Å².